The second kappa shape index (κ2) is 7.15. The van der Waals surface area contributed by atoms with Crippen LogP contribution in [0, 0.1) is 30.6 Å². The average Bonchev–Trinajstić information content (AvgIpc) is 2.74. The smallest absolute Gasteiger partial charge is 0.0847 e. The number of hydrogen-bond donors (Lipinski definition) is 1. The third-order valence-corrected chi connectivity index (χ3v) is 5.83. The van der Waals surface area contributed by atoms with Crippen LogP contribution >= 0.6 is 11.6 Å². The van der Waals surface area contributed by atoms with Gasteiger partial charge in [-0.25, -0.2) is 0 Å². The Bertz CT molecular complexity index is 467. The molecule has 3 atom stereocenters. The third-order valence-electron chi connectivity index (χ3n) is 5.33. The van der Waals surface area contributed by atoms with Gasteiger partial charge >= 0.3 is 0 Å². The first-order chi connectivity index (χ1) is 9.97. The summed E-state index contributed by atoms with van der Waals surface area (Å²) in [7, 11) is 0. The minimum Gasteiger partial charge on any atom is -0.330 e. The van der Waals surface area contributed by atoms with Crippen LogP contribution in [0.1, 0.15) is 51.4 Å². The molecule has 21 heavy (non-hydrogen) atoms. The first-order valence-electron chi connectivity index (χ1n) is 8.39. The number of hydrogen-bond acceptors (Lipinski definition) is 2. The maximum Gasteiger partial charge on any atom is 0.0847 e. The van der Waals surface area contributed by atoms with Gasteiger partial charge in [-0.1, -0.05) is 25.4 Å². The first kappa shape index (κ1) is 16.8. The van der Waals surface area contributed by atoms with Crippen molar-refractivity contribution in [3.8, 4) is 0 Å². The van der Waals surface area contributed by atoms with Gasteiger partial charge in [-0.05, 0) is 69.7 Å². The molecule has 0 saturated heterocycles. The van der Waals surface area contributed by atoms with Crippen LogP contribution < -0.4 is 5.73 Å². The molecule has 1 fully saturated rings. The van der Waals surface area contributed by atoms with Gasteiger partial charge in [0, 0.05) is 6.54 Å². The van der Waals surface area contributed by atoms with Gasteiger partial charge in [0.1, 0.15) is 0 Å². The predicted molar refractivity (Wildman–Crippen MR) is 89.6 cm³/mol. The molecule has 1 aliphatic rings. The molecule has 0 aliphatic heterocycles. The Balaban J connectivity index is 2.18. The summed E-state index contributed by atoms with van der Waals surface area (Å²) in [5.41, 5.74) is 8.19. The standard InChI is InChI=1S/C17H30ClN3/c1-5-21-16(17(18)12(4)20-21)9-15-8-13(11(2)3)6-7-14(15)10-19/h11,13-15H,5-10,19H2,1-4H3. The van der Waals surface area contributed by atoms with Crippen LogP contribution in [0.2, 0.25) is 5.02 Å². The van der Waals surface area contributed by atoms with E-state index in [0.29, 0.717) is 11.8 Å². The van der Waals surface area contributed by atoms with Crippen LogP contribution in [-0.2, 0) is 13.0 Å². The van der Waals surface area contributed by atoms with E-state index >= 15 is 0 Å². The van der Waals surface area contributed by atoms with Crippen molar-refractivity contribution in [2.75, 3.05) is 6.54 Å². The zero-order valence-corrected chi connectivity index (χ0v) is 14.7. The van der Waals surface area contributed by atoms with E-state index in [-0.39, 0.29) is 0 Å². The number of nitrogens with two attached hydrogens (primary N) is 1. The van der Waals surface area contributed by atoms with Crippen molar-refractivity contribution in [1.29, 1.82) is 0 Å². The summed E-state index contributed by atoms with van der Waals surface area (Å²) in [6.45, 7) is 10.5. The normalized spacial score (nSPS) is 26.5. The van der Waals surface area contributed by atoms with E-state index in [1.165, 1.54) is 25.0 Å². The van der Waals surface area contributed by atoms with E-state index in [0.717, 1.165) is 42.1 Å². The molecule has 0 amide bonds. The highest BCUT2D eigenvalue weighted by atomic mass is 35.5. The largest absolute Gasteiger partial charge is 0.330 e. The summed E-state index contributed by atoms with van der Waals surface area (Å²) in [5, 5.41) is 5.41. The van der Waals surface area contributed by atoms with Gasteiger partial charge in [0.15, 0.2) is 0 Å². The van der Waals surface area contributed by atoms with E-state index in [1.54, 1.807) is 0 Å². The average molecular weight is 312 g/mol. The number of aromatic nitrogens is 2. The van der Waals surface area contributed by atoms with Crippen molar-refractivity contribution in [3.05, 3.63) is 16.4 Å². The highest BCUT2D eigenvalue weighted by molar-refractivity contribution is 6.31. The van der Waals surface area contributed by atoms with E-state index in [1.807, 2.05) is 6.92 Å². The molecule has 2 rings (SSSR count). The Morgan fingerprint density at radius 1 is 1.33 bits per heavy atom. The van der Waals surface area contributed by atoms with Gasteiger partial charge in [-0.15, -0.1) is 0 Å². The van der Waals surface area contributed by atoms with Crippen LogP contribution in [0.3, 0.4) is 0 Å². The number of halogens is 1. The maximum absolute atomic E-state index is 6.49. The Hall–Kier alpha value is -0.540. The molecule has 0 bridgehead atoms. The van der Waals surface area contributed by atoms with Gasteiger partial charge in [0.25, 0.3) is 0 Å². The second-order valence-electron chi connectivity index (χ2n) is 6.94. The number of nitrogens with zero attached hydrogens (tertiary/aromatic N) is 2. The Labute approximate surface area is 134 Å². The summed E-state index contributed by atoms with van der Waals surface area (Å²) in [6, 6.07) is 0. The molecule has 4 heteroatoms. The quantitative estimate of drug-likeness (QED) is 0.891. The van der Waals surface area contributed by atoms with Crippen molar-refractivity contribution in [1.82, 2.24) is 9.78 Å². The zero-order chi connectivity index (χ0) is 15.6. The molecular weight excluding hydrogens is 282 g/mol. The molecule has 2 N–H and O–H groups in total. The highest BCUT2D eigenvalue weighted by Gasteiger charge is 2.32. The lowest BCUT2D eigenvalue weighted by Crippen LogP contribution is -2.33. The Morgan fingerprint density at radius 2 is 2.05 bits per heavy atom. The fourth-order valence-corrected chi connectivity index (χ4v) is 4.05. The SMILES string of the molecule is CCn1nc(C)c(Cl)c1CC1CC(C(C)C)CCC1CN. The topological polar surface area (TPSA) is 43.8 Å². The van der Waals surface area contributed by atoms with Crippen LogP contribution in [0.25, 0.3) is 0 Å². The number of rotatable bonds is 5. The molecule has 0 spiro atoms. The van der Waals surface area contributed by atoms with Crippen molar-refractivity contribution in [2.24, 2.45) is 29.4 Å². The Kier molecular flexibility index (Phi) is 5.73. The molecular formula is C17H30ClN3. The molecule has 0 radical (unpaired) electrons. The Morgan fingerprint density at radius 3 is 2.62 bits per heavy atom. The summed E-state index contributed by atoms with van der Waals surface area (Å²) in [6.07, 6.45) is 4.90. The fraction of sp³-hybridized carbons (Fsp3) is 0.824. The van der Waals surface area contributed by atoms with E-state index in [4.69, 9.17) is 17.3 Å². The lowest BCUT2D eigenvalue weighted by atomic mass is 9.69. The zero-order valence-electron chi connectivity index (χ0n) is 13.9. The number of aryl methyl sites for hydroxylation is 2. The molecule has 3 unspecified atom stereocenters. The van der Waals surface area contributed by atoms with Crippen LogP contribution in [0.5, 0.6) is 0 Å². The summed E-state index contributed by atoms with van der Waals surface area (Å²) < 4.78 is 2.07. The molecule has 1 aromatic heterocycles. The molecule has 1 aromatic rings. The van der Waals surface area contributed by atoms with Crippen molar-refractivity contribution in [2.45, 2.75) is 59.9 Å². The lowest BCUT2D eigenvalue weighted by Gasteiger charge is -2.37. The fourth-order valence-electron chi connectivity index (χ4n) is 3.84. The van der Waals surface area contributed by atoms with Crippen molar-refractivity contribution >= 4 is 11.6 Å². The van der Waals surface area contributed by atoms with Crippen LogP contribution in [-0.4, -0.2) is 16.3 Å². The second-order valence-corrected chi connectivity index (χ2v) is 7.32. The minimum atomic E-state index is 0.636. The van der Waals surface area contributed by atoms with Gasteiger partial charge in [-0.2, -0.15) is 5.10 Å². The predicted octanol–water partition coefficient (Wildman–Crippen LogP) is 4.05. The van der Waals surface area contributed by atoms with Crippen LogP contribution in [0.15, 0.2) is 0 Å². The van der Waals surface area contributed by atoms with Crippen molar-refractivity contribution in [3.63, 3.8) is 0 Å². The summed E-state index contributed by atoms with van der Waals surface area (Å²) >= 11 is 6.49. The molecule has 120 valence electrons. The summed E-state index contributed by atoms with van der Waals surface area (Å²) in [5.74, 6) is 2.88. The third kappa shape index (κ3) is 3.62. The first-order valence-corrected chi connectivity index (χ1v) is 8.77. The molecule has 3 nitrogen and oxygen atoms in total. The van der Waals surface area contributed by atoms with E-state index < -0.39 is 0 Å². The molecule has 0 aromatic carbocycles. The van der Waals surface area contributed by atoms with Crippen LogP contribution in [0.4, 0.5) is 0 Å². The van der Waals surface area contributed by atoms with Gasteiger partial charge in [-0.3, -0.25) is 4.68 Å². The van der Waals surface area contributed by atoms with Gasteiger partial charge in [0.05, 0.1) is 16.4 Å². The highest BCUT2D eigenvalue weighted by Crippen LogP contribution is 2.39. The summed E-state index contributed by atoms with van der Waals surface area (Å²) in [4.78, 5) is 0. The van der Waals surface area contributed by atoms with E-state index in [2.05, 4.69) is 30.6 Å². The van der Waals surface area contributed by atoms with Crippen molar-refractivity contribution < 1.29 is 0 Å². The monoisotopic (exact) mass is 311 g/mol. The minimum absolute atomic E-state index is 0.636. The van der Waals surface area contributed by atoms with Gasteiger partial charge in [0.2, 0.25) is 0 Å². The molecule has 1 aliphatic carbocycles. The van der Waals surface area contributed by atoms with Gasteiger partial charge < -0.3 is 5.73 Å². The molecule has 1 saturated carbocycles. The van der Waals surface area contributed by atoms with E-state index in [9.17, 15) is 0 Å². The lowest BCUT2D eigenvalue weighted by molar-refractivity contribution is 0.149. The molecule has 1 heterocycles. The maximum atomic E-state index is 6.49.